The lowest BCUT2D eigenvalue weighted by molar-refractivity contribution is 0.414. The molecular formula is C19H25N3O2. The van der Waals surface area contributed by atoms with Crippen molar-refractivity contribution in [2.75, 3.05) is 20.7 Å². The largest absolute Gasteiger partial charge is 0.508 e. The zero-order valence-electron chi connectivity index (χ0n) is 14.2. The maximum atomic E-state index is 9.27. The van der Waals surface area contributed by atoms with Gasteiger partial charge in [-0.1, -0.05) is 24.3 Å². The summed E-state index contributed by atoms with van der Waals surface area (Å²) >= 11 is 0. The third-order valence-corrected chi connectivity index (χ3v) is 3.69. The lowest BCUT2D eigenvalue weighted by atomic mass is 10.1. The predicted octanol–water partition coefficient (Wildman–Crippen LogP) is 2.70. The van der Waals surface area contributed by atoms with E-state index in [0.717, 1.165) is 36.7 Å². The maximum absolute atomic E-state index is 9.27. The van der Waals surface area contributed by atoms with E-state index in [0.29, 0.717) is 12.3 Å². The fourth-order valence-corrected chi connectivity index (χ4v) is 2.35. The van der Waals surface area contributed by atoms with Crippen LogP contribution in [-0.4, -0.2) is 31.8 Å². The molecule has 2 aromatic carbocycles. The average Bonchev–Trinajstić information content (AvgIpc) is 2.63. The zero-order valence-corrected chi connectivity index (χ0v) is 14.2. The maximum Gasteiger partial charge on any atom is 0.191 e. The molecule has 2 aromatic rings. The summed E-state index contributed by atoms with van der Waals surface area (Å²) in [6.45, 7) is 1.52. The van der Waals surface area contributed by atoms with E-state index >= 15 is 0 Å². The van der Waals surface area contributed by atoms with Crippen molar-refractivity contribution in [1.82, 2.24) is 10.6 Å². The summed E-state index contributed by atoms with van der Waals surface area (Å²) in [6, 6.07) is 15.3. The van der Waals surface area contributed by atoms with Crippen LogP contribution in [0, 0.1) is 0 Å². The number of hydrogen-bond acceptors (Lipinski definition) is 3. The molecule has 0 unspecified atom stereocenters. The number of phenolic OH excluding ortho intramolecular Hbond substituents is 1. The first-order valence-electron chi connectivity index (χ1n) is 8.06. The fourth-order valence-electron chi connectivity index (χ4n) is 2.35. The molecule has 0 saturated carbocycles. The van der Waals surface area contributed by atoms with Gasteiger partial charge in [-0.15, -0.1) is 0 Å². The molecule has 0 spiro atoms. The van der Waals surface area contributed by atoms with E-state index in [9.17, 15) is 5.11 Å². The highest BCUT2D eigenvalue weighted by molar-refractivity contribution is 5.79. The molecule has 0 aliphatic rings. The molecule has 0 atom stereocenters. The first-order chi connectivity index (χ1) is 11.7. The molecule has 3 N–H and O–H groups in total. The third kappa shape index (κ3) is 5.83. The van der Waals surface area contributed by atoms with Gasteiger partial charge < -0.3 is 20.5 Å². The summed E-state index contributed by atoms with van der Waals surface area (Å²) in [5, 5.41) is 15.9. The second-order valence-electron chi connectivity index (χ2n) is 5.47. The van der Waals surface area contributed by atoms with Gasteiger partial charge in [-0.05, 0) is 48.2 Å². The minimum Gasteiger partial charge on any atom is -0.508 e. The number of phenols is 1. The number of nitrogens with one attached hydrogen (secondary N) is 2. The number of benzene rings is 2. The van der Waals surface area contributed by atoms with Crippen molar-refractivity contribution in [2.45, 2.75) is 19.4 Å². The van der Waals surface area contributed by atoms with Crippen LogP contribution in [-0.2, 0) is 13.0 Å². The van der Waals surface area contributed by atoms with Crippen LogP contribution in [0.4, 0.5) is 0 Å². The Kier molecular flexibility index (Phi) is 6.95. The summed E-state index contributed by atoms with van der Waals surface area (Å²) in [5.74, 6) is 1.94. The number of aryl methyl sites for hydroxylation is 1. The summed E-state index contributed by atoms with van der Waals surface area (Å²) in [4.78, 5) is 4.23. The van der Waals surface area contributed by atoms with Gasteiger partial charge in [0.2, 0.25) is 0 Å². The Balaban J connectivity index is 1.71. The van der Waals surface area contributed by atoms with Crippen LogP contribution in [0.5, 0.6) is 11.5 Å². The van der Waals surface area contributed by atoms with Gasteiger partial charge in [-0.25, -0.2) is 0 Å². The van der Waals surface area contributed by atoms with Gasteiger partial charge in [0, 0.05) is 20.1 Å². The number of methoxy groups -OCH3 is 1. The lowest BCUT2D eigenvalue weighted by Gasteiger charge is -2.12. The molecule has 0 amide bonds. The van der Waals surface area contributed by atoms with Crippen LogP contribution in [0.15, 0.2) is 53.5 Å². The molecule has 2 rings (SSSR count). The van der Waals surface area contributed by atoms with Crippen molar-refractivity contribution in [3.05, 3.63) is 59.7 Å². The van der Waals surface area contributed by atoms with Crippen molar-refractivity contribution in [1.29, 1.82) is 0 Å². The van der Waals surface area contributed by atoms with E-state index in [2.05, 4.69) is 15.6 Å². The Labute approximate surface area is 143 Å². The highest BCUT2D eigenvalue weighted by Gasteiger charge is 2.00. The average molecular weight is 327 g/mol. The number of aliphatic imine (C=N–C) groups is 1. The van der Waals surface area contributed by atoms with E-state index < -0.39 is 0 Å². The van der Waals surface area contributed by atoms with E-state index in [4.69, 9.17) is 4.74 Å². The van der Waals surface area contributed by atoms with Gasteiger partial charge in [-0.3, -0.25) is 4.99 Å². The highest BCUT2D eigenvalue weighted by atomic mass is 16.5. The number of rotatable bonds is 7. The second kappa shape index (κ2) is 9.45. The van der Waals surface area contributed by atoms with Crippen LogP contribution in [0.3, 0.4) is 0 Å². The third-order valence-electron chi connectivity index (χ3n) is 3.69. The summed E-state index contributed by atoms with van der Waals surface area (Å²) in [7, 11) is 3.43. The van der Waals surface area contributed by atoms with E-state index in [1.165, 1.54) is 5.56 Å². The monoisotopic (exact) mass is 327 g/mol. The van der Waals surface area contributed by atoms with Crippen molar-refractivity contribution < 1.29 is 9.84 Å². The van der Waals surface area contributed by atoms with Crippen LogP contribution in [0.2, 0.25) is 0 Å². The number of nitrogens with zero attached hydrogens (tertiary/aromatic N) is 1. The summed E-state index contributed by atoms with van der Waals surface area (Å²) < 4.78 is 5.23. The summed E-state index contributed by atoms with van der Waals surface area (Å²) in [6.07, 6.45) is 1.95. The molecule has 0 radical (unpaired) electrons. The van der Waals surface area contributed by atoms with Crippen LogP contribution >= 0.6 is 0 Å². The molecule has 5 nitrogen and oxygen atoms in total. The molecule has 0 aliphatic carbocycles. The molecular weight excluding hydrogens is 302 g/mol. The van der Waals surface area contributed by atoms with Gasteiger partial charge in [0.15, 0.2) is 5.96 Å². The van der Waals surface area contributed by atoms with E-state index in [1.807, 2.05) is 36.4 Å². The molecule has 5 heteroatoms. The number of guanidine groups is 1. The Morgan fingerprint density at radius 3 is 2.58 bits per heavy atom. The highest BCUT2D eigenvalue weighted by Crippen LogP contribution is 2.12. The van der Waals surface area contributed by atoms with Crippen molar-refractivity contribution >= 4 is 5.96 Å². The van der Waals surface area contributed by atoms with Crippen LogP contribution in [0.25, 0.3) is 0 Å². The minimum absolute atomic E-state index is 0.305. The van der Waals surface area contributed by atoms with Gasteiger partial charge in [-0.2, -0.15) is 0 Å². The molecule has 0 saturated heterocycles. The minimum atomic E-state index is 0.305. The molecule has 0 aliphatic heterocycles. The topological polar surface area (TPSA) is 65.9 Å². The van der Waals surface area contributed by atoms with E-state index in [1.54, 1.807) is 26.3 Å². The molecule has 0 heterocycles. The second-order valence-corrected chi connectivity index (χ2v) is 5.47. The first kappa shape index (κ1) is 17.7. The standard InChI is InChI=1S/C19H25N3O2/c1-20-19(22-14-16-5-3-7-18(13-16)24-2)21-12-4-6-15-8-10-17(23)11-9-15/h3,5,7-11,13,23H,4,6,12,14H2,1-2H3,(H2,20,21,22). The molecule has 0 bridgehead atoms. The Hall–Kier alpha value is -2.69. The van der Waals surface area contributed by atoms with Gasteiger partial charge in [0.25, 0.3) is 0 Å². The van der Waals surface area contributed by atoms with Crippen molar-refractivity contribution in [3.8, 4) is 11.5 Å². The Bertz CT molecular complexity index is 654. The van der Waals surface area contributed by atoms with Crippen molar-refractivity contribution in [2.24, 2.45) is 4.99 Å². The Morgan fingerprint density at radius 2 is 1.88 bits per heavy atom. The molecule has 128 valence electrons. The van der Waals surface area contributed by atoms with Crippen LogP contribution < -0.4 is 15.4 Å². The van der Waals surface area contributed by atoms with Gasteiger partial charge >= 0.3 is 0 Å². The molecule has 24 heavy (non-hydrogen) atoms. The smallest absolute Gasteiger partial charge is 0.191 e. The zero-order chi connectivity index (χ0) is 17.2. The lowest BCUT2D eigenvalue weighted by Crippen LogP contribution is -2.37. The summed E-state index contributed by atoms with van der Waals surface area (Å²) in [5.41, 5.74) is 2.36. The van der Waals surface area contributed by atoms with Gasteiger partial charge in [0.05, 0.1) is 7.11 Å². The van der Waals surface area contributed by atoms with E-state index in [-0.39, 0.29) is 0 Å². The normalized spacial score (nSPS) is 11.2. The number of hydrogen-bond donors (Lipinski definition) is 3. The van der Waals surface area contributed by atoms with Crippen LogP contribution in [0.1, 0.15) is 17.5 Å². The fraction of sp³-hybridized carbons (Fsp3) is 0.316. The predicted molar refractivity (Wildman–Crippen MR) is 97.6 cm³/mol. The SMILES string of the molecule is CN=C(NCCCc1ccc(O)cc1)NCc1cccc(OC)c1. The Morgan fingerprint density at radius 1 is 1.08 bits per heavy atom. The molecule has 0 fully saturated rings. The van der Waals surface area contributed by atoms with Gasteiger partial charge in [0.1, 0.15) is 11.5 Å². The first-order valence-corrected chi connectivity index (χ1v) is 8.06. The number of aromatic hydroxyl groups is 1. The number of ether oxygens (including phenoxy) is 1. The quantitative estimate of drug-likeness (QED) is 0.416. The van der Waals surface area contributed by atoms with Crippen molar-refractivity contribution in [3.63, 3.8) is 0 Å². The molecule has 0 aromatic heterocycles.